The van der Waals surface area contributed by atoms with Crippen LogP contribution in [0.3, 0.4) is 0 Å². The predicted octanol–water partition coefficient (Wildman–Crippen LogP) is 2.90. The summed E-state index contributed by atoms with van der Waals surface area (Å²) in [6.07, 6.45) is 3.89. The quantitative estimate of drug-likeness (QED) is 0.783. The molecule has 0 radical (unpaired) electrons. The Kier molecular flexibility index (Phi) is 6.00. The van der Waals surface area contributed by atoms with Crippen molar-refractivity contribution in [2.45, 2.75) is 38.6 Å². The number of rotatable bonds is 5. The van der Waals surface area contributed by atoms with Gasteiger partial charge in [0, 0.05) is 30.3 Å². The van der Waals surface area contributed by atoms with E-state index in [1.807, 2.05) is 0 Å². The van der Waals surface area contributed by atoms with Crippen LogP contribution in [0, 0.1) is 11.7 Å². The topological polar surface area (TPSA) is 70.6 Å². The fourth-order valence-corrected chi connectivity index (χ4v) is 2.80. The van der Waals surface area contributed by atoms with Crippen LogP contribution >= 0.6 is 0 Å². The molecule has 1 aliphatic rings. The summed E-state index contributed by atoms with van der Waals surface area (Å²) in [6, 6.07) is 3.90. The average molecular weight is 310 g/mol. The van der Waals surface area contributed by atoms with E-state index in [4.69, 9.17) is 4.74 Å². The zero-order chi connectivity index (χ0) is 15.9. The van der Waals surface area contributed by atoms with Crippen molar-refractivity contribution in [3.05, 3.63) is 24.0 Å². The number of ether oxygens (including phenoxy) is 1. The number of hydrogen-bond donors (Lipinski definition) is 3. The van der Waals surface area contributed by atoms with Crippen LogP contribution in [0.5, 0.6) is 5.75 Å². The van der Waals surface area contributed by atoms with Crippen LogP contribution in [0.1, 0.15) is 32.6 Å². The third-order valence-electron chi connectivity index (χ3n) is 3.95. The second-order valence-electron chi connectivity index (χ2n) is 5.51. The monoisotopic (exact) mass is 310 g/mol. The number of carbonyl (C=O) groups is 1. The first-order valence-electron chi connectivity index (χ1n) is 7.74. The Bertz CT molecular complexity index is 510. The lowest BCUT2D eigenvalue weighted by Gasteiger charge is -2.30. The molecule has 0 aromatic heterocycles. The Morgan fingerprint density at radius 3 is 2.86 bits per heavy atom. The van der Waals surface area contributed by atoms with Gasteiger partial charge in [-0.15, -0.1) is 0 Å². The SMILES string of the molecule is CCOc1ccc(NC(=O)NC2CCCCC2CO)cc1F. The number of benzene rings is 1. The van der Waals surface area contributed by atoms with E-state index in [1.54, 1.807) is 13.0 Å². The second-order valence-corrected chi connectivity index (χ2v) is 5.51. The van der Waals surface area contributed by atoms with Crippen molar-refractivity contribution < 1.29 is 19.0 Å². The first-order valence-corrected chi connectivity index (χ1v) is 7.74. The molecule has 2 atom stereocenters. The summed E-state index contributed by atoms with van der Waals surface area (Å²) in [7, 11) is 0. The van der Waals surface area contributed by atoms with Crippen LogP contribution in [0.25, 0.3) is 0 Å². The number of nitrogens with one attached hydrogen (secondary N) is 2. The Hall–Kier alpha value is -1.82. The molecule has 1 aromatic rings. The maximum absolute atomic E-state index is 13.7. The minimum absolute atomic E-state index is 0.0358. The van der Waals surface area contributed by atoms with Crippen LogP contribution in [0.4, 0.5) is 14.9 Å². The maximum Gasteiger partial charge on any atom is 0.319 e. The molecular weight excluding hydrogens is 287 g/mol. The van der Waals surface area contributed by atoms with E-state index in [0.717, 1.165) is 25.7 Å². The van der Waals surface area contributed by atoms with Gasteiger partial charge in [0.25, 0.3) is 0 Å². The standard InChI is InChI=1S/C16H23FN2O3/c1-2-22-15-8-7-12(9-13(15)17)18-16(21)19-14-6-4-3-5-11(14)10-20/h7-9,11,14,20H,2-6,10H2,1H3,(H2,18,19,21). The lowest BCUT2D eigenvalue weighted by Crippen LogP contribution is -2.45. The van der Waals surface area contributed by atoms with Crippen molar-refractivity contribution in [2.75, 3.05) is 18.5 Å². The molecule has 1 fully saturated rings. The van der Waals surface area contributed by atoms with Crippen molar-refractivity contribution >= 4 is 11.7 Å². The molecule has 0 spiro atoms. The highest BCUT2D eigenvalue weighted by molar-refractivity contribution is 5.89. The van der Waals surface area contributed by atoms with Crippen LogP contribution in [-0.2, 0) is 0 Å². The number of hydrogen-bond acceptors (Lipinski definition) is 3. The highest BCUT2D eigenvalue weighted by Crippen LogP contribution is 2.24. The summed E-state index contributed by atoms with van der Waals surface area (Å²) < 4.78 is 18.8. The largest absolute Gasteiger partial charge is 0.491 e. The minimum Gasteiger partial charge on any atom is -0.491 e. The van der Waals surface area contributed by atoms with Gasteiger partial charge in [-0.05, 0) is 31.9 Å². The molecule has 2 rings (SSSR count). The molecule has 0 bridgehead atoms. The van der Waals surface area contributed by atoms with Gasteiger partial charge in [0.1, 0.15) is 0 Å². The van der Waals surface area contributed by atoms with Gasteiger partial charge in [-0.1, -0.05) is 12.8 Å². The molecule has 1 saturated carbocycles. The normalized spacial score (nSPS) is 21.2. The summed E-state index contributed by atoms with van der Waals surface area (Å²) in [5.41, 5.74) is 0.370. The molecular formula is C16H23FN2O3. The van der Waals surface area contributed by atoms with E-state index in [0.29, 0.717) is 12.3 Å². The first-order chi connectivity index (χ1) is 10.6. The smallest absolute Gasteiger partial charge is 0.319 e. The molecule has 5 nitrogen and oxygen atoms in total. The number of anilines is 1. The number of aliphatic hydroxyl groups is 1. The predicted molar refractivity (Wildman–Crippen MR) is 82.6 cm³/mol. The minimum atomic E-state index is -0.509. The van der Waals surface area contributed by atoms with Gasteiger partial charge in [0.2, 0.25) is 0 Å². The summed E-state index contributed by atoms with van der Waals surface area (Å²) in [6.45, 7) is 2.23. The van der Waals surface area contributed by atoms with E-state index in [2.05, 4.69) is 10.6 Å². The molecule has 0 aliphatic heterocycles. The first kappa shape index (κ1) is 16.5. The zero-order valence-electron chi connectivity index (χ0n) is 12.8. The third-order valence-corrected chi connectivity index (χ3v) is 3.95. The Balaban J connectivity index is 1.92. The van der Waals surface area contributed by atoms with E-state index < -0.39 is 5.82 Å². The van der Waals surface area contributed by atoms with Crippen molar-refractivity contribution in [1.29, 1.82) is 0 Å². The number of carbonyl (C=O) groups excluding carboxylic acids is 1. The van der Waals surface area contributed by atoms with Crippen molar-refractivity contribution in [2.24, 2.45) is 5.92 Å². The number of halogens is 1. The van der Waals surface area contributed by atoms with Gasteiger partial charge in [0.15, 0.2) is 11.6 Å². The highest BCUT2D eigenvalue weighted by atomic mass is 19.1. The summed E-state index contributed by atoms with van der Waals surface area (Å²) in [5, 5.41) is 14.8. The van der Waals surface area contributed by atoms with Gasteiger partial charge >= 0.3 is 6.03 Å². The van der Waals surface area contributed by atoms with E-state index in [9.17, 15) is 14.3 Å². The molecule has 6 heteroatoms. The molecule has 122 valence electrons. The third kappa shape index (κ3) is 4.34. The van der Waals surface area contributed by atoms with Gasteiger partial charge in [0.05, 0.1) is 6.61 Å². The van der Waals surface area contributed by atoms with Crippen LogP contribution in [0.15, 0.2) is 18.2 Å². The maximum atomic E-state index is 13.7. The van der Waals surface area contributed by atoms with Crippen molar-refractivity contribution in [3.63, 3.8) is 0 Å². The highest BCUT2D eigenvalue weighted by Gasteiger charge is 2.25. The second kappa shape index (κ2) is 7.98. The average Bonchev–Trinajstić information content (AvgIpc) is 2.50. The Morgan fingerprint density at radius 1 is 1.41 bits per heavy atom. The van der Waals surface area contributed by atoms with E-state index >= 15 is 0 Å². The molecule has 2 amide bonds. The zero-order valence-corrected chi connectivity index (χ0v) is 12.8. The molecule has 1 aliphatic carbocycles. The van der Waals surface area contributed by atoms with Gasteiger partial charge in [-0.3, -0.25) is 0 Å². The van der Waals surface area contributed by atoms with Gasteiger partial charge in [-0.25, -0.2) is 9.18 Å². The molecule has 22 heavy (non-hydrogen) atoms. The number of urea groups is 1. The van der Waals surface area contributed by atoms with Gasteiger partial charge in [-0.2, -0.15) is 0 Å². The fourth-order valence-electron chi connectivity index (χ4n) is 2.80. The summed E-state index contributed by atoms with van der Waals surface area (Å²) >= 11 is 0. The molecule has 0 heterocycles. The summed E-state index contributed by atoms with van der Waals surface area (Å²) in [4.78, 5) is 12.0. The number of amides is 2. The van der Waals surface area contributed by atoms with E-state index in [1.165, 1.54) is 12.1 Å². The Labute approximate surface area is 129 Å². The molecule has 1 aromatic carbocycles. The van der Waals surface area contributed by atoms with Gasteiger partial charge < -0.3 is 20.5 Å². The lowest BCUT2D eigenvalue weighted by atomic mass is 9.85. The van der Waals surface area contributed by atoms with Crippen molar-refractivity contribution in [3.8, 4) is 5.75 Å². The van der Waals surface area contributed by atoms with Crippen molar-refractivity contribution in [1.82, 2.24) is 5.32 Å². The van der Waals surface area contributed by atoms with Crippen LogP contribution < -0.4 is 15.4 Å². The van der Waals surface area contributed by atoms with Crippen LogP contribution in [0.2, 0.25) is 0 Å². The molecule has 3 N–H and O–H groups in total. The fraction of sp³-hybridized carbons (Fsp3) is 0.562. The van der Waals surface area contributed by atoms with Crippen LogP contribution in [-0.4, -0.2) is 30.4 Å². The summed E-state index contributed by atoms with van der Waals surface area (Å²) in [5.74, 6) is -0.247. The van der Waals surface area contributed by atoms with E-state index in [-0.39, 0.29) is 30.3 Å². The molecule has 0 saturated heterocycles. The Morgan fingerprint density at radius 2 is 2.18 bits per heavy atom. The molecule has 2 unspecified atom stereocenters. The number of aliphatic hydroxyl groups excluding tert-OH is 1. The lowest BCUT2D eigenvalue weighted by molar-refractivity contribution is 0.156.